The second-order valence-corrected chi connectivity index (χ2v) is 10.0. The minimum Gasteiger partial charge on any atom is -0.480 e. The van der Waals surface area contributed by atoms with Crippen LogP contribution in [0.1, 0.15) is 48.9 Å². The largest absolute Gasteiger partial charge is 0.480 e. The molecule has 0 aliphatic carbocycles. The molecule has 0 aliphatic heterocycles. The van der Waals surface area contributed by atoms with Crippen LogP contribution in [-0.4, -0.2) is 36.5 Å². The number of carbonyl (C=O) groups is 2. The average Bonchev–Trinajstić information content (AvgIpc) is 3.07. The van der Waals surface area contributed by atoms with Gasteiger partial charge in [-0.1, -0.05) is 98.8 Å². The first-order chi connectivity index (χ1) is 21.6. The fourth-order valence-electron chi connectivity index (χ4n) is 4.33. The van der Waals surface area contributed by atoms with Gasteiger partial charge in [0.05, 0.1) is 12.4 Å². The molecule has 2 amide bonds. The molecule has 0 spiro atoms. The topological polar surface area (TPSA) is 101 Å². The van der Waals surface area contributed by atoms with E-state index in [1.54, 1.807) is 24.6 Å². The minimum atomic E-state index is -0.655. The second kappa shape index (κ2) is 17.0. The standard InChI is InChI=1S/C36H38N4O4/c1-3-31(35(41)37-23-27-15-7-5-8-16-27)43-33-21-13-11-19-29(33)25-39-40-26-30-20-12-14-22-34(30)44-32(4-2)36(42)38-24-28-17-9-6-10-18-28/h5-22,25-26,31-32H,3-4,23-24H2,1-2H3,(H,37,41)(H,38,42)/b39-25-,40-26-/t31-,32+. The molecule has 0 aromatic heterocycles. The highest BCUT2D eigenvalue weighted by Gasteiger charge is 2.20. The van der Waals surface area contributed by atoms with Crippen molar-refractivity contribution in [3.05, 3.63) is 131 Å². The van der Waals surface area contributed by atoms with E-state index < -0.39 is 12.2 Å². The summed E-state index contributed by atoms with van der Waals surface area (Å²) in [7, 11) is 0. The van der Waals surface area contributed by atoms with Gasteiger partial charge >= 0.3 is 0 Å². The summed E-state index contributed by atoms with van der Waals surface area (Å²) < 4.78 is 12.2. The van der Waals surface area contributed by atoms with Crippen molar-refractivity contribution in [3.63, 3.8) is 0 Å². The van der Waals surface area contributed by atoms with Crippen LogP contribution in [0, 0.1) is 0 Å². The highest BCUT2D eigenvalue weighted by Crippen LogP contribution is 2.20. The molecule has 2 atom stereocenters. The number of hydrogen-bond acceptors (Lipinski definition) is 6. The molecule has 0 saturated carbocycles. The molecule has 8 nitrogen and oxygen atoms in total. The fourth-order valence-corrected chi connectivity index (χ4v) is 4.33. The number of ether oxygens (including phenoxy) is 2. The van der Waals surface area contributed by atoms with Gasteiger partial charge in [0.1, 0.15) is 11.5 Å². The molecule has 2 N–H and O–H groups in total. The summed E-state index contributed by atoms with van der Waals surface area (Å²) in [4.78, 5) is 25.6. The predicted octanol–water partition coefficient (Wildman–Crippen LogP) is 6.09. The Morgan fingerprint density at radius 2 is 0.955 bits per heavy atom. The smallest absolute Gasteiger partial charge is 0.261 e. The highest BCUT2D eigenvalue weighted by molar-refractivity contribution is 5.87. The van der Waals surface area contributed by atoms with Crippen LogP contribution in [0.3, 0.4) is 0 Å². The van der Waals surface area contributed by atoms with Crippen molar-refractivity contribution in [3.8, 4) is 11.5 Å². The van der Waals surface area contributed by atoms with E-state index in [9.17, 15) is 9.59 Å². The van der Waals surface area contributed by atoms with Crippen LogP contribution in [0.2, 0.25) is 0 Å². The van der Waals surface area contributed by atoms with Crippen molar-refractivity contribution >= 4 is 24.2 Å². The van der Waals surface area contributed by atoms with Crippen molar-refractivity contribution in [2.45, 2.75) is 52.0 Å². The van der Waals surface area contributed by atoms with Crippen LogP contribution < -0.4 is 20.1 Å². The molecule has 8 heteroatoms. The molecule has 0 aliphatic rings. The number of carbonyl (C=O) groups excluding carboxylic acids is 2. The first-order valence-electron chi connectivity index (χ1n) is 14.8. The molecule has 0 heterocycles. The Bertz CT molecular complexity index is 1420. The Kier molecular flexibility index (Phi) is 12.3. The third-order valence-corrected chi connectivity index (χ3v) is 6.78. The lowest BCUT2D eigenvalue weighted by molar-refractivity contribution is -0.129. The van der Waals surface area contributed by atoms with Crippen LogP contribution >= 0.6 is 0 Å². The molecule has 0 bridgehead atoms. The summed E-state index contributed by atoms with van der Waals surface area (Å²) in [6.07, 6.45) is 2.86. The molecule has 0 fully saturated rings. The number of rotatable bonds is 15. The van der Waals surface area contributed by atoms with Crippen molar-refractivity contribution in [2.24, 2.45) is 10.2 Å². The van der Waals surface area contributed by atoms with Crippen molar-refractivity contribution in [2.75, 3.05) is 0 Å². The van der Waals surface area contributed by atoms with Crippen LogP contribution in [0.15, 0.2) is 119 Å². The second-order valence-electron chi connectivity index (χ2n) is 10.0. The van der Waals surface area contributed by atoms with Gasteiger partial charge in [-0.2, -0.15) is 10.2 Å². The highest BCUT2D eigenvalue weighted by atomic mass is 16.5. The van der Waals surface area contributed by atoms with E-state index in [2.05, 4.69) is 20.8 Å². The number of amides is 2. The predicted molar refractivity (Wildman–Crippen MR) is 174 cm³/mol. The number of benzene rings is 4. The van der Waals surface area contributed by atoms with Crippen LogP contribution in [0.5, 0.6) is 11.5 Å². The first-order valence-corrected chi connectivity index (χ1v) is 14.8. The Hall–Kier alpha value is -5.24. The Morgan fingerprint density at radius 1 is 0.591 bits per heavy atom. The summed E-state index contributed by atoms with van der Waals surface area (Å²) in [6.45, 7) is 4.67. The summed E-state index contributed by atoms with van der Waals surface area (Å²) >= 11 is 0. The molecule has 0 saturated heterocycles. The van der Waals surface area contributed by atoms with E-state index >= 15 is 0 Å². The third-order valence-electron chi connectivity index (χ3n) is 6.78. The van der Waals surface area contributed by atoms with E-state index in [-0.39, 0.29) is 11.8 Å². The van der Waals surface area contributed by atoms with E-state index in [0.29, 0.717) is 48.6 Å². The fraction of sp³-hybridized carbons (Fsp3) is 0.222. The zero-order valence-corrected chi connectivity index (χ0v) is 25.1. The Balaban J connectivity index is 1.37. The van der Waals surface area contributed by atoms with Crippen molar-refractivity contribution in [1.82, 2.24) is 10.6 Å². The van der Waals surface area contributed by atoms with Gasteiger partial charge in [0.2, 0.25) is 0 Å². The van der Waals surface area contributed by atoms with Crippen LogP contribution in [-0.2, 0) is 22.7 Å². The zero-order valence-electron chi connectivity index (χ0n) is 25.1. The lowest BCUT2D eigenvalue weighted by Crippen LogP contribution is -2.37. The van der Waals surface area contributed by atoms with Gasteiger partial charge in [0.25, 0.3) is 11.8 Å². The lowest BCUT2D eigenvalue weighted by Gasteiger charge is -2.18. The quantitative estimate of drug-likeness (QED) is 0.129. The molecule has 226 valence electrons. The van der Waals surface area contributed by atoms with E-state index in [0.717, 1.165) is 11.1 Å². The maximum atomic E-state index is 12.8. The average molecular weight is 591 g/mol. The van der Waals surface area contributed by atoms with E-state index in [1.807, 2.05) is 111 Å². The SMILES string of the molecule is CC[C@H](Oc1ccccc1/C=N\N=C/c1ccccc1O[C@H](CC)C(=O)NCc1ccccc1)C(=O)NCc1ccccc1. The van der Waals surface area contributed by atoms with Gasteiger partial charge in [0, 0.05) is 24.2 Å². The molecule has 0 unspecified atom stereocenters. The molecule has 4 aromatic carbocycles. The molecule has 0 radical (unpaired) electrons. The Labute approximate surface area is 258 Å². The van der Waals surface area contributed by atoms with Crippen LogP contribution in [0.4, 0.5) is 0 Å². The van der Waals surface area contributed by atoms with Gasteiger partial charge in [-0.25, -0.2) is 0 Å². The third kappa shape index (κ3) is 9.66. The molecule has 4 aromatic rings. The zero-order chi connectivity index (χ0) is 31.0. The number of para-hydroxylation sites is 2. The van der Waals surface area contributed by atoms with Gasteiger partial charge in [0.15, 0.2) is 12.2 Å². The van der Waals surface area contributed by atoms with Gasteiger partial charge in [-0.05, 0) is 48.2 Å². The summed E-state index contributed by atoms with van der Waals surface area (Å²) in [5, 5.41) is 14.3. The maximum absolute atomic E-state index is 12.8. The van der Waals surface area contributed by atoms with Gasteiger partial charge in [-0.3, -0.25) is 9.59 Å². The molecule has 44 heavy (non-hydrogen) atoms. The minimum absolute atomic E-state index is 0.183. The van der Waals surface area contributed by atoms with Gasteiger partial charge < -0.3 is 20.1 Å². The van der Waals surface area contributed by atoms with Crippen molar-refractivity contribution < 1.29 is 19.1 Å². The van der Waals surface area contributed by atoms with Gasteiger partial charge in [-0.15, -0.1) is 0 Å². The number of nitrogens with one attached hydrogen (secondary N) is 2. The summed E-state index contributed by atoms with van der Waals surface area (Å²) in [5.74, 6) is 0.696. The van der Waals surface area contributed by atoms with E-state index in [1.165, 1.54) is 0 Å². The number of nitrogens with zero attached hydrogens (tertiary/aromatic N) is 2. The molecule has 4 rings (SSSR count). The normalized spacial score (nSPS) is 12.5. The Morgan fingerprint density at radius 3 is 1.34 bits per heavy atom. The maximum Gasteiger partial charge on any atom is 0.261 e. The lowest BCUT2D eigenvalue weighted by atomic mass is 10.2. The van der Waals surface area contributed by atoms with Crippen LogP contribution in [0.25, 0.3) is 0 Å². The monoisotopic (exact) mass is 590 g/mol. The van der Waals surface area contributed by atoms with E-state index in [4.69, 9.17) is 9.47 Å². The van der Waals surface area contributed by atoms with Crippen molar-refractivity contribution in [1.29, 1.82) is 0 Å². The summed E-state index contributed by atoms with van der Waals surface area (Å²) in [5.41, 5.74) is 3.41. The first kappa shape index (κ1) is 31.7. The molecular formula is C36H38N4O4. The number of hydrogen-bond donors (Lipinski definition) is 2. The molecular weight excluding hydrogens is 552 g/mol. The summed E-state index contributed by atoms with van der Waals surface area (Å²) in [6, 6.07) is 34.2.